The zero-order valence-electron chi connectivity index (χ0n) is 8.09. The molecule has 0 aromatic carbocycles. The number of nitrogens with two attached hydrogens (primary N) is 1. The van der Waals surface area contributed by atoms with Gasteiger partial charge in [-0.05, 0) is 6.92 Å². The van der Waals surface area contributed by atoms with Crippen molar-refractivity contribution >= 4 is 5.82 Å². The molecule has 0 unspecified atom stereocenters. The largest absolute Gasteiger partial charge is 0.481 e. The molecule has 0 spiro atoms. The van der Waals surface area contributed by atoms with Gasteiger partial charge in [-0.1, -0.05) is 6.92 Å². The highest BCUT2D eigenvalue weighted by molar-refractivity contribution is 5.47. The maximum absolute atomic E-state index is 5.30. The van der Waals surface area contributed by atoms with Crippen LogP contribution < -0.4 is 16.0 Å². The molecule has 0 bridgehead atoms. The lowest BCUT2D eigenvalue weighted by Crippen LogP contribution is -2.13. The minimum Gasteiger partial charge on any atom is -0.481 e. The number of hydrogen-bond donors (Lipinski definition) is 2. The summed E-state index contributed by atoms with van der Waals surface area (Å²) < 4.78 is 5.08. The first-order valence-electron chi connectivity index (χ1n) is 4.11. The average Bonchev–Trinajstić information content (AvgIpc) is 2.18. The molecule has 1 heterocycles. The Morgan fingerprint density at radius 3 is 2.62 bits per heavy atom. The summed E-state index contributed by atoms with van der Waals surface area (Å²) in [6, 6.07) is 0. The number of aryl methyl sites for hydroxylation is 1. The Bertz CT molecular complexity index is 275. The summed E-state index contributed by atoms with van der Waals surface area (Å²) in [6.07, 6.45) is 0.755. The Kier molecular flexibility index (Phi) is 3.02. The second kappa shape index (κ2) is 4.04. The summed E-state index contributed by atoms with van der Waals surface area (Å²) in [6.45, 7) is 3.83. The highest BCUT2D eigenvalue weighted by Gasteiger charge is 2.08. The Morgan fingerprint density at radius 2 is 2.15 bits per heavy atom. The Morgan fingerprint density at radius 1 is 1.46 bits per heavy atom. The smallest absolute Gasteiger partial charge is 0.221 e. The summed E-state index contributed by atoms with van der Waals surface area (Å²) >= 11 is 0. The first-order valence-corrected chi connectivity index (χ1v) is 4.11. The fraction of sp³-hybridized carbons (Fsp3) is 0.500. The monoisotopic (exact) mass is 182 g/mol. The van der Waals surface area contributed by atoms with Gasteiger partial charge in [0.15, 0.2) is 0 Å². The standard InChI is InChI=1S/C8H14N4O/c1-4-6-10-7(12-9)5(2)8(11-6)13-3/h4,9H2,1-3H3,(H,10,11,12). The van der Waals surface area contributed by atoms with E-state index in [1.807, 2.05) is 13.8 Å². The fourth-order valence-electron chi connectivity index (χ4n) is 1.04. The van der Waals surface area contributed by atoms with Gasteiger partial charge in [0.05, 0.1) is 12.7 Å². The minimum absolute atomic E-state index is 0.569. The van der Waals surface area contributed by atoms with Crippen molar-refractivity contribution in [2.45, 2.75) is 20.3 Å². The van der Waals surface area contributed by atoms with Crippen molar-refractivity contribution in [2.24, 2.45) is 5.84 Å². The van der Waals surface area contributed by atoms with Gasteiger partial charge in [0.25, 0.3) is 0 Å². The van der Waals surface area contributed by atoms with E-state index >= 15 is 0 Å². The highest BCUT2D eigenvalue weighted by atomic mass is 16.5. The van der Waals surface area contributed by atoms with E-state index in [4.69, 9.17) is 10.6 Å². The molecule has 5 heteroatoms. The molecule has 1 aromatic heterocycles. The third kappa shape index (κ3) is 1.86. The third-order valence-corrected chi connectivity index (χ3v) is 1.79. The van der Waals surface area contributed by atoms with Crippen molar-refractivity contribution in [2.75, 3.05) is 12.5 Å². The molecule has 13 heavy (non-hydrogen) atoms. The van der Waals surface area contributed by atoms with Gasteiger partial charge in [-0.25, -0.2) is 10.8 Å². The van der Waals surface area contributed by atoms with Gasteiger partial charge in [-0.2, -0.15) is 4.98 Å². The first-order chi connectivity index (χ1) is 6.22. The van der Waals surface area contributed by atoms with Crippen molar-refractivity contribution in [3.05, 3.63) is 11.4 Å². The Hall–Kier alpha value is -1.36. The number of aromatic nitrogens is 2. The number of ether oxygens (including phenoxy) is 1. The van der Waals surface area contributed by atoms with Crippen molar-refractivity contribution < 1.29 is 4.74 Å². The highest BCUT2D eigenvalue weighted by Crippen LogP contribution is 2.20. The minimum atomic E-state index is 0.569. The SMILES string of the molecule is CCc1nc(NN)c(C)c(OC)n1. The molecule has 0 saturated carbocycles. The molecule has 0 atom stereocenters. The predicted octanol–water partition coefficient (Wildman–Crippen LogP) is 0.642. The van der Waals surface area contributed by atoms with E-state index in [0.29, 0.717) is 11.7 Å². The van der Waals surface area contributed by atoms with Gasteiger partial charge in [-0.3, -0.25) is 0 Å². The van der Waals surface area contributed by atoms with Crippen LogP contribution in [0.15, 0.2) is 0 Å². The van der Waals surface area contributed by atoms with Crippen LogP contribution in [0.3, 0.4) is 0 Å². The maximum Gasteiger partial charge on any atom is 0.221 e. The summed E-state index contributed by atoms with van der Waals surface area (Å²) in [7, 11) is 1.58. The van der Waals surface area contributed by atoms with Gasteiger partial charge in [-0.15, -0.1) is 0 Å². The van der Waals surface area contributed by atoms with E-state index in [2.05, 4.69) is 15.4 Å². The number of rotatable bonds is 3. The van der Waals surface area contributed by atoms with Crippen LogP contribution in [-0.4, -0.2) is 17.1 Å². The summed E-state index contributed by atoms with van der Waals surface area (Å²) in [5.74, 6) is 7.20. The van der Waals surface area contributed by atoms with Gasteiger partial charge in [0.2, 0.25) is 5.88 Å². The van der Waals surface area contributed by atoms with Crippen LogP contribution in [0.4, 0.5) is 5.82 Å². The number of hydrogen-bond acceptors (Lipinski definition) is 5. The van der Waals surface area contributed by atoms with Crippen LogP contribution in [0.2, 0.25) is 0 Å². The maximum atomic E-state index is 5.30. The van der Waals surface area contributed by atoms with Gasteiger partial charge < -0.3 is 10.2 Å². The molecule has 0 aliphatic carbocycles. The van der Waals surface area contributed by atoms with Crippen molar-refractivity contribution in [1.82, 2.24) is 9.97 Å². The Balaban J connectivity index is 3.20. The van der Waals surface area contributed by atoms with Crippen LogP contribution in [-0.2, 0) is 6.42 Å². The number of nitrogens with one attached hydrogen (secondary N) is 1. The molecular formula is C8H14N4O. The quantitative estimate of drug-likeness (QED) is 0.530. The number of methoxy groups -OCH3 is 1. The van der Waals surface area contributed by atoms with Crippen LogP contribution in [0.25, 0.3) is 0 Å². The molecule has 1 aromatic rings. The van der Waals surface area contributed by atoms with E-state index in [1.54, 1.807) is 7.11 Å². The van der Waals surface area contributed by atoms with Crippen LogP contribution >= 0.6 is 0 Å². The number of nitrogen functional groups attached to an aromatic ring is 1. The average molecular weight is 182 g/mol. The second-order valence-electron chi connectivity index (χ2n) is 2.62. The lowest BCUT2D eigenvalue weighted by Gasteiger charge is -2.09. The predicted molar refractivity (Wildman–Crippen MR) is 50.5 cm³/mol. The van der Waals surface area contributed by atoms with Crippen molar-refractivity contribution in [1.29, 1.82) is 0 Å². The van der Waals surface area contributed by atoms with Gasteiger partial charge in [0.1, 0.15) is 11.6 Å². The second-order valence-corrected chi connectivity index (χ2v) is 2.62. The molecule has 1 rings (SSSR count). The van der Waals surface area contributed by atoms with E-state index in [1.165, 1.54) is 0 Å². The molecule has 3 N–H and O–H groups in total. The first kappa shape index (κ1) is 9.73. The van der Waals surface area contributed by atoms with Crippen LogP contribution in [0.1, 0.15) is 18.3 Å². The zero-order chi connectivity index (χ0) is 9.84. The summed E-state index contributed by atoms with van der Waals surface area (Å²) in [5.41, 5.74) is 3.34. The van der Waals surface area contributed by atoms with E-state index in [-0.39, 0.29) is 0 Å². The number of anilines is 1. The van der Waals surface area contributed by atoms with Gasteiger partial charge >= 0.3 is 0 Å². The number of nitrogens with zero attached hydrogens (tertiary/aromatic N) is 2. The molecule has 0 aliphatic rings. The molecule has 72 valence electrons. The third-order valence-electron chi connectivity index (χ3n) is 1.79. The van der Waals surface area contributed by atoms with Crippen LogP contribution in [0.5, 0.6) is 5.88 Å². The van der Waals surface area contributed by atoms with Crippen molar-refractivity contribution in [3.8, 4) is 5.88 Å². The summed E-state index contributed by atoms with van der Waals surface area (Å²) in [5, 5.41) is 0. The number of hydrazine groups is 1. The molecule has 0 radical (unpaired) electrons. The molecule has 0 fully saturated rings. The van der Waals surface area contributed by atoms with Gasteiger partial charge in [0, 0.05) is 6.42 Å². The normalized spacial score (nSPS) is 9.85. The fourth-order valence-corrected chi connectivity index (χ4v) is 1.04. The molecule has 0 aliphatic heterocycles. The van der Waals surface area contributed by atoms with Crippen molar-refractivity contribution in [3.63, 3.8) is 0 Å². The topological polar surface area (TPSA) is 73.1 Å². The molecule has 0 amide bonds. The van der Waals surface area contributed by atoms with E-state index < -0.39 is 0 Å². The van der Waals surface area contributed by atoms with E-state index in [0.717, 1.165) is 17.8 Å². The Labute approximate surface area is 77.3 Å². The zero-order valence-corrected chi connectivity index (χ0v) is 8.09. The molecule has 0 saturated heterocycles. The lowest BCUT2D eigenvalue weighted by molar-refractivity contribution is 0.392. The van der Waals surface area contributed by atoms with E-state index in [9.17, 15) is 0 Å². The van der Waals surface area contributed by atoms with Crippen LogP contribution in [0, 0.1) is 6.92 Å². The molecular weight excluding hydrogens is 168 g/mol. The summed E-state index contributed by atoms with van der Waals surface area (Å²) in [4.78, 5) is 8.38. The molecule has 5 nitrogen and oxygen atoms in total. The lowest BCUT2D eigenvalue weighted by atomic mass is 10.3.